The summed E-state index contributed by atoms with van der Waals surface area (Å²) in [5, 5.41) is 4.16. The number of ether oxygens (including phenoxy) is 1. The second kappa shape index (κ2) is 7.74. The van der Waals surface area contributed by atoms with Crippen molar-refractivity contribution in [3.8, 4) is 5.75 Å². The van der Waals surface area contributed by atoms with Gasteiger partial charge in [0.2, 0.25) is 0 Å². The van der Waals surface area contributed by atoms with Gasteiger partial charge in [0.05, 0.1) is 11.3 Å². The molecule has 30 heavy (non-hydrogen) atoms. The molecule has 154 valence electrons. The maximum Gasteiger partial charge on any atom is 0.387 e. The average Bonchev–Trinajstić information content (AvgIpc) is 3.03. The molecule has 0 unspecified atom stereocenters. The summed E-state index contributed by atoms with van der Waals surface area (Å²) in [5.41, 5.74) is 1.86. The molecule has 0 fully saturated rings. The summed E-state index contributed by atoms with van der Waals surface area (Å²) in [4.78, 5) is 13.1. The Bertz CT molecular complexity index is 1280. The van der Waals surface area contributed by atoms with E-state index in [0.717, 1.165) is 5.56 Å². The third-order valence-corrected chi connectivity index (χ3v) is 5.12. The molecule has 4 rings (SSSR count). The molecule has 0 radical (unpaired) electrons. The number of nitrogens with zero attached hydrogens (tertiary/aromatic N) is 1. The van der Waals surface area contributed by atoms with E-state index in [9.17, 15) is 13.6 Å². The molecular weight excluding hydrogens is 437 g/mol. The van der Waals surface area contributed by atoms with Crippen molar-refractivity contribution in [1.29, 1.82) is 0 Å². The molecule has 4 aromatic rings. The summed E-state index contributed by atoms with van der Waals surface area (Å²) in [6, 6.07) is 8.02. The minimum atomic E-state index is -3.04. The monoisotopic (exact) mass is 451 g/mol. The van der Waals surface area contributed by atoms with Gasteiger partial charge in [-0.05, 0) is 31.2 Å². The fourth-order valence-electron chi connectivity index (χ4n) is 3.29. The van der Waals surface area contributed by atoms with Crippen molar-refractivity contribution in [2.24, 2.45) is 7.05 Å². The van der Waals surface area contributed by atoms with E-state index in [1.165, 1.54) is 12.1 Å². The molecule has 0 atom stereocenters. The van der Waals surface area contributed by atoms with E-state index in [1.54, 1.807) is 30.1 Å². The quantitative estimate of drug-likeness (QED) is 0.394. The summed E-state index contributed by atoms with van der Waals surface area (Å²) < 4.78 is 37.7. The zero-order valence-corrected chi connectivity index (χ0v) is 17.3. The summed E-state index contributed by atoms with van der Waals surface area (Å²) in [5.74, 6) is -0.682. The molecule has 0 spiro atoms. The number of aryl methyl sites for hydroxylation is 2. The summed E-state index contributed by atoms with van der Waals surface area (Å²) >= 11 is 12.4. The molecule has 5 nitrogen and oxygen atoms in total. The van der Waals surface area contributed by atoms with Crippen molar-refractivity contribution in [3.63, 3.8) is 0 Å². The number of aromatic nitrogens is 1. The largest absolute Gasteiger partial charge is 0.452 e. The molecule has 2 aromatic heterocycles. The fraction of sp³-hybridized carbons (Fsp3) is 0.143. The van der Waals surface area contributed by atoms with Crippen LogP contribution < -0.4 is 14.6 Å². The first-order valence-corrected chi connectivity index (χ1v) is 9.56. The zero-order valence-electron chi connectivity index (χ0n) is 15.8. The Labute approximate surface area is 179 Å². The lowest BCUT2D eigenvalue weighted by Gasteiger charge is -2.10. The van der Waals surface area contributed by atoms with Crippen molar-refractivity contribution < 1.29 is 27.3 Å². The van der Waals surface area contributed by atoms with Crippen LogP contribution in [0, 0.1) is 6.92 Å². The van der Waals surface area contributed by atoms with Crippen LogP contribution in [-0.4, -0.2) is 12.5 Å². The molecule has 2 aromatic carbocycles. The topological polar surface area (TPSA) is 55.4 Å². The van der Waals surface area contributed by atoms with E-state index in [0.29, 0.717) is 16.4 Å². The number of furan rings is 1. The molecular formula is C21H15Cl2F2N2O3+. The Morgan fingerprint density at radius 2 is 1.87 bits per heavy atom. The van der Waals surface area contributed by atoms with Crippen molar-refractivity contribution in [2.45, 2.75) is 13.5 Å². The van der Waals surface area contributed by atoms with Gasteiger partial charge in [-0.3, -0.25) is 4.79 Å². The third kappa shape index (κ3) is 3.66. The van der Waals surface area contributed by atoms with Crippen LogP contribution in [0.15, 0.2) is 47.1 Å². The maximum absolute atomic E-state index is 13.1. The first-order chi connectivity index (χ1) is 14.2. The van der Waals surface area contributed by atoms with Crippen LogP contribution in [0.25, 0.3) is 21.9 Å². The van der Waals surface area contributed by atoms with Gasteiger partial charge in [0, 0.05) is 10.8 Å². The number of hydrogen-bond acceptors (Lipinski definition) is 3. The number of amides is 1. The number of benzene rings is 2. The fourth-order valence-corrected chi connectivity index (χ4v) is 3.94. The third-order valence-electron chi connectivity index (χ3n) is 4.55. The number of pyridine rings is 1. The van der Waals surface area contributed by atoms with Crippen LogP contribution in [0.1, 0.15) is 15.9 Å². The Balaban J connectivity index is 1.89. The standard InChI is InChI=1S/C21H14Cl2F2N2O3/c1-10-3-5-15-12(7-10)17-11(4-6-16(19(17)29-15)30-21(24)25)20(28)26-18-13(22)8-27(2)9-14(18)23/h3-9,21H,1-2H3/p+1. The molecule has 0 saturated carbocycles. The molecule has 2 heterocycles. The molecule has 0 aliphatic carbocycles. The Morgan fingerprint density at radius 1 is 1.17 bits per heavy atom. The minimum absolute atomic E-state index is 0.0557. The van der Waals surface area contributed by atoms with Gasteiger partial charge in [-0.1, -0.05) is 34.8 Å². The van der Waals surface area contributed by atoms with Gasteiger partial charge in [0.1, 0.15) is 22.7 Å². The van der Waals surface area contributed by atoms with Gasteiger partial charge in [-0.2, -0.15) is 8.78 Å². The number of carbonyl (C=O) groups is 1. The molecule has 0 aliphatic heterocycles. The number of hydrogen-bond donors (Lipinski definition) is 1. The first-order valence-electron chi connectivity index (χ1n) is 8.81. The summed E-state index contributed by atoms with van der Waals surface area (Å²) in [6.07, 6.45) is 3.18. The number of rotatable bonds is 4. The van der Waals surface area contributed by atoms with Crippen LogP contribution in [-0.2, 0) is 7.05 Å². The highest BCUT2D eigenvalue weighted by atomic mass is 35.5. The number of fused-ring (bicyclic) bond motifs is 3. The lowest BCUT2D eigenvalue weighted by molar-refractivity contribution is -0.671. The Kier molecular flexibility index (Phi) is 5.26. The number of alkyl halides is 2. The number of anilines is 1. The van der Waals surface area contributed by atoms with Crippen molar-refractivity contribution >= 4 is 56.7 Å². The molecule has 0 bridgehead atoms. The highest BCUT2D eigenvalue weighted by molar-refractivity contribution is 6.39. The smallest absolute Gasteiger partial charge is 0.387 e. The van der Waals surface area contributed by atoms with Gasteiger partial charge in [0.25, 0.3) is 5.91 Å². The highest BCUT2D eigenvalue weighted by Gasteiger charge is 2.23. The lowest BCUT2D eigenvalue weighted by atomic mass is 10.0. The predicted molar refractivity (Wildman–Crippen MR) is 111 cm³/mol. The summed E-state index contributed by atoms with van der Waals surface area (Å²) in [7, 11) is 1.74. The normalized spacial score (nSPS) is 11.4. The molecule has 1 amide bonds. The second-order valence-electron chi connectivity index (χ2n) is 6.74. The van der Waals surface area contributed by atoms with Gasteiger partial charge in [-0.15, -0.1) is 0 Å². The van der Waals surface area contributed by atoms with Gasteiger partial charge in [-0.25, -0.2) is 4.57 Å². The van der Waals surface area contributed by atoms with Crippen LogP contribution >= 0.6 is 23.2 Å². The van der Waals surface area contributed by atoms with Gasteiger partial charge >= 0.3 is 6.61 Å². The predicted octanol–water partition coefficient (Wildman–Crippen LogP) is 5.88. The maximum atomic E-state index is 13.1. The number of nitrogens with one attached hydrogen (secondary N) is 1. The molecule has 0 aliphatic rings. The van der Waals surface area contributed by atoms with Crippen LogP contribution in [0.4, 0.5) is 14.5 Å². The van der Waals surface area contributed by atoms with Crippen LogP contribution in [0.5, 0.6) is 5.75 Å². The highest BCUT2D eigenvalue weighted by Crippen LogP contribution is 2.39. The van der Waals surface area contributed by atoms with E-state index in [4.69, 9.17) is 27.6 Å². The van der Waals surface area contributed by atoms with E-state index in [-0.39, 0.29) is 32.6 Å². The Morgan fingerprint density at radius 3 is 2.53 bits per heavy atom. The van der Waals surface area contributed by atoms with Crippen molar-refractivity contribution in [3.05, 3.63) is 63.9 Å². The van der Waals surface area contributed by atoms with E-state index < -0.39 is 12.5 Å². The van der Waals surface area contributed by atoms with Crippen LogP contribution in [0.2, 0.25) is 10.0 Å². The number of carbonyl (C=O) groups excluding carboxylic acids is 1. The van der Waals surface area contributed by atoms with E-state index in [2.05, 4.69) is 10.1 Å². The number of halogens is 4. The first kappa shape index (κ1) is 20.4. The van der Waals surface area contributed by atoms with Crippen LogP contribution in [0.3, 0.4) is 0 Å². The molecule has 0 saturated heterocycles. The SMILES string of the molecule is Cc1ccc2oc3c(OC(F)F)ccc(C(=O)Nc4c(Cl)c[n+](C)cc4Cl)c3c2c1. The Hall–Kier alpha value is -2.90. The molecule has 9 heteroatoms. The zero-order chi connectivity index (χ0) is 21.6. The van der Waals surface area contributed by atoms with Gasteiger partial charge < -0.3 is 14.5 Å². The van der Waals surface area contributed by atoms with Crippen molar-refractivity contribution in [2.75, 3.05) is 5.32 Å². The van der Waals surface area contributed by atoms with Gasteiger partial charge in [0.15, 0.2) is 23.7 Å². The summed E-state index contributed by atoms with van der Waals surface area (Å²) in [6.45, 7) is -1.16. The second-order valence-corrected chi connectivity index (χ2v) is 7.56. The van der Waals surface area contributed by atoms with Crippen molar-refractivity contribution in [1.82, 2.24) is 0 Å². The molecule has 1 N–H and O–H groups in total. The minimum Gasteiger partial charge on any atom is -0.452 e. The average molecular weight is 452 g/mol. The van der Waals surface area contributed by atoms with E-state index in [1.807, 2.05) is 19.1 Å². The van der Waals surface area contributed by atoms with E-state index >= 15 is 0 Å². The lowest BCUT2D eigenvalue weighted by Crippen LogP contribution is -2.27.